The average Bonchev–Trinajstić information content (AvgIpc) is 2.47. The normalized spacial score (nSPS) is 22.8. The van der Waals surface area contributed by atoms with Crippen LogP contribution in [0.3, 0.4) is 0 Å². The third-order valence-electron chi connectivity index (χ3n) is 3.36. The first kappa shape index (κ1) is 13.8. The van der Waals surface area contributed by atoms with E-state index in [-0.39, 0.29) is 25.2 Å². The fraction of sp³-hybridized carbons (Fsp3) is 0.500. The monoisotopic (exact) mass is 264 g/mol. The third-order valence-corrected chi connectivity index (χ3v) is 3.36. The molecule has 19 heavy (non-hydrogen) atoms. The molecule has 0 saturated carbocycles. The lowest BCUT2D eigenvalue weighted by molar-refractivity contribution is 0.117. The summed E-state index contributed by atoms with van der Waals surface area (Å²) in [6, 6.07) is 9.54. The second-order valence-corrected chi connectivity index (χ2v) is 4.75. The van der Waals surface area contributed by atoms with Crippen molar-refractivity contribution < 1.29 is 14.6 Å². The molecular weight excluding hydrogens is 244 g/mol. The molecule has 3 N–H and O–H groups in total. The van der Waals surface area contributed by atoms with Crippen LogP contribution in [-0.4, -0.2) is 36.9 Å². The first-order valence-electron chi connectivity index (χ1n) is 6.58. The van der Waals surface area contributed by atoms with Gasteiger partial charge in [-0.2, -0.15) is 0 Å². The molecule has 0 spiro atoms. The van der Waals surface area contributed by atoms with Crippen LogP contribution >= 0.6 is 0 Å². The smallest absolute Gasteiger partial charge is 0.407 e. The Bertz CT molecular complexity index is 397. The van der Waals surface area contributed by atoms with Crippen molar-refractivity contribution in [1.82, 2.24) is 10.6 Å². The Morgan fingerprint density at radius 3 is 2.95 bits per heavy atom. The number of nitrogens with one attached hydrogen (secondary N) is 2. The summed E-state index contributed by atoms with van der Waals surface area (Å²) < 4.78 is 5.17. The lowest BCUT2D eigenvalue weighted by Gasteiger charge is -2.31. The van der Waals surface area contributed by atoms with Gasteiger partial charge >= 0.3 is 6.09 Å². The Balaban J connectivity index is 1.77. The Labute approximate surface area is 113 Å². The van der Waals surface area contributed by atoms with Crippen molar-refractivity contribution in [3.63, 3.8) is 0 Å². The van der Waals surface area contributed by atoms with Crippen LogP contribution in [0.4, 0.5) is 4.79 Å². The van der Waals surface area contributed by atoms with Gasteiger partial charge in [-0.05, 0) is 18.5 Å². The number of alkyl carbamates (subject to hydrolysis) is 1. The minimum absolute atomic E-state index is 0.0190. The van der Waals surface area contributed by atoms with Gasteiger partial charge in [0.15, 0.2) is 0 Å². The quantitative estimate of drug-likeness (QED) is 0.755. The van der Waals surface area contributed by atoms with E-state index < -0.39 is 6.09 Å². The van der Waals surface area contributed by atoms with Crippen molar-refractivity contribution in [2.24, 2.45) is 5.92 Å². The molecule has 1 aromatic rings. The highest BCUT2D eigenvalue weighted by atomic mass is 16.5. The molecule has 0 bridgehead atoms. The Morgan fingerprint density at radius 1 is 1.42 bits per heavy atom. The number of benzene rings is 1. The van der Waals surface area contributed by atoms with Crippen molar-refractivity contribution in [3.05, 3.63) is 35.9 Å². The summed E-state index contributed by atoms with van der Waals surface area (Å²) in [5, 5.41) is 15.3. The lowest BCUT2D eigenvalue weighted by atomic mass is 9.94. The van der Waals surface area contributed by atoms with Crippen LogP contribution in [-0.2, 0) is 11.3 Å². The van der Waals surface area contributed by atoms with Gasteiger partial charge in [0.05, 0.1) is 0 Å². The summed E-state index contributed by atoms with van der Waals surface area (Å²) in [4.78, 5) is 11.7. The number of piperidine rings is 1. The minimum Gasteiger partial charge on any atom is -0.445 e. The largest absolute Gasteiger partial charge is 0.445 e. The van der Waals surface area contributed by atoms with E-state index in [9.17, 15) is 9.90 Å². The average molecular weight is 264 g/mol. The number of ether oxygens (including phenoxy) is 1. The molecule has 5 nitrogen and oxygen atoms in total. The molecule has 0 unspecified atom stereocenters. The van der Waals surface area contributed by atoms with Gasteiger partial charge in [-0.25, -0.2) is 4.79 Å². The summed E-state index contributed by atoms with van der Waals surface area (Å²) in [5.41, 5.74) is 0.960. The minimum atomic E-state index is -0.422. The van der Waals surface area contributed by atoms with E-state index in [0.29, 0.717) is 0 Å². The van der Waals surface area contributed by atoms with Gasteiger partial charge in [-0.15, -0.1) is 0 Å². The first-order chi connectivity index (χ1) is 9.29. The maximum atomic E-state index is 11.7. The standard InChI is InChI=1S/C14H20N2O3/c17-9-12-8-15-7-6-13(12)16-14(18)19-10-11-4-2-1-3-5-11/h1-5,12-13,15,17H,6-10H2,(H,16,18)/t12-,13-/m0/s1. The third kappa shape index (κ3) is 4.22. The molecule has 0 radical (unpaired) electrons. The van der Waals surface area contributed by atoms with Gasteiger partial charge in [-0.3, -0.25) is 0 Å². The molecule has 1 aliphatic rings. The van der Waals surface area contributed by atoms with Gasteiger partial charge < -0.3 is 20.5 Å². The van der Waals surface area contributed by atoms with Gasteiger partial charge in [0, 0.05) is 25.1 Å². The summed E-state index contributed by atoms with van der Waals surface area (Å²) in [5.74, 6) is 0.0537. The highest BCUT2D eigenvalue weighted by Gasteiger charge is 2.26. The highest BCUT2D eigenvalue weighted by molar-refractivity contribution is 5.67. The van der Waals surface area contributed by atoms with Crippen LogP contribution < -0.4 is 10.6 Å². The van der Waals surface area contributed by atoms with E-state index in [1.54, 1.807) is 0 Å². The number of rotatable bonds is 4. The number of carbonyl (C=O) groups excluding carboxylic acids is 1. The summed E-state index contributed by atoms with van der Waals surface area (Å²) >= 11 is 0. The molecule has 2 rings (SSSR count). The van der Waals surface area contributed by atoms with E-state index in [1.807, 2.05) is 30.3 Å². The molecule has 1 aromatic carbocycles. The number of amides is 1. The van der Waals surface area contributed by atoms with Gasteiger partial charge in [0.1, 0.15) is 6.61 Å². The highest BCUT2D eigenvalue weighted by Crippen LogP contribution is 2.11. The van der Waals surface area contributed by atoms with Crippen molar-refractivity contribution >= 4 is 6.09 Å². The van der Waals surface area contributed by atoms with Crippen molar-refractivity contribution in [2.45, 2.75) is 19.1 Å². The van der Waals surface area contributed by atoms with Crippen LogP contribution in [0.5, 0.6) is 0 Å². The lowest BCUT2D eigenvalue weighted by Crippen LogP contribution is -2.50. The van der Waals surface area contributed by atoms with Crippen molar-refractivity contribution in [3.8, 4) is 0 Å². The number of carbonyl (C=O) groups is 1. The molecule has 2 atom stereocenters. The van der Waals surface area contributed by atoms with E-state index in [0.717, 1.165) is 25.1 Å². The van der Waals surface area contributed by atoms with E-state index >= 15 is 0 Å². The van der Waals surface area contributed by atoms with Crippen LogP contribution in [0.2, 0.25) is 0 Å². The van der Waals surface area contributed by atoms with Gasteiger partial charge in [0.25, 0.3) is 0 Å². The molecule has 1 heterocycles. The molecule has 1 aliphatic heterocycles. The molecule has 5 heteroatoms. The Kier molecular flexibility index (Phi) is 5.18. The topological polar surface area (TPSA) is 70.6 Å². The van der Waals surface area contributed by atoms with Gasteiger partial charge in [0.2, 0.25) is 0 Å². The van der Waals surface area contributed by atoms with E-state index in [4.69, 9.17) is 4.74 Å². The van der Waals surface area contributed by atoms with E-state index in [1.165, 1.54) is 0 Å². The number of aliphatic hydroxyl groups excluding tert-OH is 1. The molecule has 1 fully saturated rings. The first-order valence-corrected chi connectivity index (χ1v) is 6.58. The fourth-order valence-corrected chi connectivity index (χ4v) is 2.22. The summed E-state index contributed by atoms with van der Waals surface area (Å²) in [6.45, 7) is 1.90. The Morgan fingerprint density at radius 2 is 2.21 bits per heavy atom. The zero-order chi connectivity index (χ0) is 13.5. The van der Waals surface area contributed by atoms with Crippen molar-refractivity contribution in [2.75, 3.05) is 19.7 Å². The molecule has 1 saturated heterocycles. The second kappa shape index (κ2) is 7.11. The zero-order valence-electron chi connectivity index (χ0n) is 10.8. The van der Waals surface area contributed by atoms with Crippen LogP contribution in [0.25, 0.3) is 0 Å². The SMILES string of the molecule is O=C(N[C@H]1CCNC[C@H]1CO)OCc1ccccc1. The van der Waals surface area contributed by atoms with Crippen molar-refractivity contribution in [1.29, 1.82) is 0 Å². The van der Waals surface area contributed by atoms with Crippen LogP contribution in [0.1, 0.15) is 12.0 Å². The summed E-state index contributed by atoms with van der Waals surface area (Å²) in [7, 11) is 0. The molecule has 104 valence electrons. The predicted molar refractivity (Wildman–Crippen MR) is 71.6 cm³/mol. The summed E-state index contributed by atoms with van der Waals surface area (Å²) in [6.07, 6.45) is 0.389. The van der Waals surface area contributed by atoms with Crippen LogP contribution in [0, 0.1) is 5.92 Å². The number of aliphatic hydroxyl groups is 1. The van der Waals surface area contributed by atoms with Gasteiger partial charge in [-0.1, -0.05) is 30.3 Å². The maximum absolute atomic E-state index is 11.7. The maximum Gasteiger partial charge on any atom is 0.407 e. The van der Waals surface area contributed by atoms with Crippen LogP contribution in [0.15, 0.2) is 30.3 Å². The fourth-order valence-electron chi connectivity index (χ4n) is 2.22. The molecule has 0 aromatic heterocycles. The molecular formula is C14H20N2O3. The Hall–Kier alpha value is -1.59. The molecule has 1 amide bonds. The number of hydrogen-bond donors (Lipinski definition) is 3. The second-order valence-electron chi connectivity index (χ2n) is 4.75. The predicted octanol–water partition coefficient (Wildman–Crippen LogP) is 0.883. The molecule has 0 aliphatic carbocycles. The number of hydrogen-bond acceptors (Lipinski definition) is 4. The zero-order valence-corrected chi connectivity index (χ0v) is 10.8. The van der Waals surface area contributed by atoms with E-state index in [2.05, 4.69) is 10.6 Å².